The predicted octanol–water partition coefficient (Wildman–Crippen LogP) is 2.82. The second-order valence-electron chi connectivity index (χ2n) is 5.00. The van der Waals surface area contributed by atoms with Crippen LogP contribution < -0.4 is 10.2 Å². The first-order chi connectivity index (χ1) is 9.70. The summed E-state index contributed by atoms with van der Waals surface area (Å²) in [5.41, 5.74) is 2.96. The van der Waals surface area contributed by atoms with Gasteiger partial charge in [0.1, 0.15) is 0 Å². The summed E-state index contributed by atoms with van der Waals surface area (Å²) in [7, 11) is 1.39. The van der Waals surface area contributed by atoms with Crippen LogP contribution in [0.3, 0.4) is 0 Å². The van der Waals surface area contributed by atoms with E-state index in [0.717, 1.165) is 18.8 Å². The maximum absolute atomic E-state index is 11.2. The molecular formula is C16H22N2O2. The van der Waals surface area contributed by atoms with E-state index in [1.54, 1.807) is 6.92 Å². The van der Waals surface area contributed by atoms with Crippen LogP contribution in [0.25, 0.3) is 0 Å². The van der Waals surface area contributed by atoms with Crippen LogP contribution in [-0.4, -0.2) is 32.7 Å². The Morgan fingerprint density at radius 2 is 1.95 bits per heavy atom. The van der Waals surface area contributed by atoms with Crippen LogP contribution in [0, 0.1) is 0 Å². The molecule has 0 saturated carbocycles. The quantitative estimate of drug-likeness (QED) is 0.662. The average Bonchev–Trinajstić information content (AvgIpc) is 3.01. The maximum Gasteiger partial charge on any atom is 0.333 e. The highest BCUT2D eigenvalue weighted by Gasteiger charge is 2.11. The molecule has 108 valence electrons. The SMILES string of the molecule is COC(=O)/C(C)=C/CNc1ccc(N2CCCC2)cc1. The summed E-state index contributed by atoms with van der Waals surface area (Å²) >= 11 is 0. The van der Waals surface area contributed by atoms with Gasteiger partial charge in [-0.2, -0.15) is 0 Å². The van der Waals surface area contributed by atoms with E-state index >= 15 is 0 Å². The van der Waals surface area contributed by atoms with Crippen molar-refractivity contribution < 1.29 is 9.53 Å². The van der Waals surface area contributed by atoms with Gasteiger partial charge < -0.3 is 15.0 Å². The second kappa shape index (κ2) is 6.98. The van der Waals surface area contributed by atoms with Crippen molar-refractivity contribution in [2.45, 2.75) is 19.8 Å². The molecule has 1 aromatic carbocycles. The summed E-state index contributed by atoms with van der Waals surface area (Å²) in [6.07, 6.45) is 4.41. The lowest BCUT2D eigenvalue weighted by Crippen LogP contribution is -2.17. The molecular weight excluding hydrogens is 252 g/mol. The number of hydrogen-bond acceptors (Lipinski definition) is 4. The van der Waals surface area contributed by atoms with Gasteiger partial charge in [0.05, 0.1) is 7.11 Å². The van der Waals surface area contributed by atoms with E-state index in [1.165, 1.54) is 25.6 Å². The van der Waals surface area contributed by atoms with Gasteiger partial charge in [0, 0.05) is 36.6 Å². The molecule has 4 heteroatoms. The first kappa shape index (κ1) is 14.4. The molecule has 20 heavy (non-hydrogen) atoms. The van der Waals surface area contributed by atoms with Gasteiger partial charge in [0.15, 0.2) is 0 Å². The number of carbonyl (C=O) groups is 1. The molecule has 1 heterocycles. The van der Waals surface area contributed by atoms with Crippen LogP contribution in [0.4, 0.5) is 11.4 Å². The highest BCUT2D eigenvalue weighted by atomic mass is 16.5. The summed E-state index contributed by atoms with van der Waals surface area (Å²) in [5, 5.41) is 3.27. The third-order valence-corrected chi connectivity index (χ3v) is 3.56. The van der Waals surface area contributed by atoms with E-state index in [-0.39, 0.29) is 5.97 Å². The molecule has 0 amide bonds. The molecule has 0 unspecified atom stereocenters. The van der Waals surface area contributed by atoms with Gasteiger partial charge >= 0.3 is 5.97 Å². The normalized spacial score (nSPS) is 15.3. The van der Waals surface area contributed by atoms with Crippen molar-refractivity contribution in [1.82, 2.24) is 0 Å². The molecule has 2 rings (SSSR count). The number of anilines is 2. The van der Waals surface area contributed by atoms with Crippen molar-refractivity contribution in [3.05, 3.63) is 35.9 Å². The third kappa shape index (κ3) is 3.76. The van der Waals surface area contributed by atoms with Crippen molar-refractivity contribution in [2.24, 2.45) is 0 Å². The van der Waals surface area contributed by atoms with E-state index < -0.39 is 0 Å². The zero-order valence-electron chi connectivity index (χ0n) is 12.2. The molecule has 0 bridgehead atoms. The number of esters is 1. The van der Waals surface area contributed by atoms with Gasteiger partial charge in [-0.05, 0) is 44.0 Å². The lowest BCUT2D eigenvalue weighted by atomic mass is 10.2. The molecule has 4 nitrogen and oxygen atoms in total. The van der Waals surface area contributed by atoms with Crippen LogP contribution >= 0.6 is 0 Å². The first-order valence-electron chi connectivity index (χ1n) is 7.04. The first-order valence-corrected chi connectivity index (χ1v) is 7.04. The van der Waals surface area contributed by atoms with E-state index in [9.17, 15) is 4.79 Å². The minimum atomic E-state index is -0.281. The van der Waals surface area contributed by atoms with Crippen LogP contribution in [-0.2, 0) is 9.53 Å². The third-order valence-electron chi connectivity index (χ3n) is 3.56. The molecule has 0 spiro atoms. The highest BCUT2D eigenvalue weighted by molar-refractivity contribution is 5.87. The van der Waals surface area contributed by atoms with Crippen molar-refractivity contribution in [1.29, 1.82) is 0 Å². The number of carbonyl (C=O) groups excluding carboxylic acids is 1. The van der Waals surface area contributed by atoms with Gasteiger partial charge in [-0.3, -0.25) is 0 Å². The summed E-state index contributed by atoms with van der Waals surface area (Å²) in [4.78, 5) is 13.6. The molecule has 1 saturated heterocycles. The largest absolute Gasteiger partial charge is 0.466 e. The van der Waals surface area contributed by atoms with Crippen molar-refractivity contribution in [2.75, 3.05) is 37.0 Å². The van der Waals surface area contributed by atoms with E-state index in [1.807, 2.05) is 6.08 Å². The number of nitrogens with zero attached hydrogens (tertiary/aromatic N) is 1. The van der Waals surface area contributed by atoms with Gasteiger partial charge in [0.2, 0.25) is 0 Å². The number of nitrogens with one attached hydrogen (secondary N) is 1. The molecule has 1 aromatic rings. The Bertz CT molecular complexity index is 474. The van der Waals surface area contributed by atoms with Gasteiger partial charge in [-0.15, -0.1) is 0 Å². The van der Waals surface area contributed by atoms with E-state index in [0.29, 0.717) is 12.1 Å². The predicted molar refractivity (Wildman–Crippen MR) is 82.2 cm³/mol. The fourth-order valence-corrected chi connectivity index (χ4v) is 2.33. The Hall–Kier alpha value is -1.97. The van der Waals surface area contributed by atoms with Crippen molar-refractivity contribution in [3.63, 3.8) is 0 Å². The second-order valence-corrected chi connectivity index (χ2v) is 5.00. The van der Waals surface area contributed by atoms with Crippen molar-refractivity contribution in [3.8, 4) is 0 Å². The minimum absolute atomic E-state index is 0.281. The lowest BCUT2D eigenvalue weighted by molar-refractivity contribution is -0.136. The smallest absolute Gasteiger partial charge is 0.333 e. The average molecular weight is 274 g/mol. The zero-order chi connectivity index (χ0) is 14.4. The molecule has 1 aliphatic heterocycles. The number of hydrogen-bond donors (Lipinski definition) is 1. The van der Waals surface area contributed by atoms with Gasteiger partial charge in [0.25, 0.3) is 0 Å². The fraction of sp³-hybridized carbons (Fsp3) is 0.438. The molecule has 1 N–H and O–H groups in total. The monoisotopic (exact) mass is 274 g/mol. The molecule has 1 fully saturated rings. The van der Waals surface area contributed by atoms with Crippen LogP contribution in [0.5, 0.6) is 0 Å². The Morgan fingerprint density at radius 1 is 1.30 bits per heavy atom. The Balaban J connectivity index is 1.86. The van der Waals surface area contributed by atoms with Crippen molar-refractivity contribution >= 4 is 17.3 Å². The minimum Gasteiger partial charge on any atom is -0.466 e. The summed E-state index contributed by atoms with van der Waals surface area (Å²) in [6.45, 7) is 4.69. The Labute approximate surface area is 120 Å². The molecule has 0 aliphatic carbocycles. The fourth-order valence-electron chi connectivity index (χ4n) is 2.33. The zero-order valence-corrected chi connectivity index (χ0v) is 12.2. The molecule has 0 aromatic heterocycles. The van der Waals surface area contributed by atoms with Crippen LogP contribution in [0.2, 0.25) is 0 Å². The van der Waals surface area contributed by atoms with E-state index in [2.05, 4.69) is 39.2 Å². The van der Waals surface area contributed by atoms with Crippen LogP contribution in [0.1, 0.15) is 19.8 Å². The van der Waals surface area contributed by atoms with Gasteiger partial charge in [-0.1, -0.05) is 6.08 Å². The topological polar surface area (TPSA) is 41.6 Å². The number of benzene rings is 1. The highest BCUT2D eigenvalue weighted by Crippen LogP contribution is 2.21. The number of rotatable bonds is 5. The number of methoxy groups -OCH3 is 1. The summed E-state index contributed by atoms with van der Waals surface area (Å²) in [5.74, 6) is -0.281. The number of ether oxygens (including phenoxy) is 1. The molecule has 0 atom stereocenters. The Kier molecular flexibility index (Phi) is 5.04. The summed E-state index contributed by atoms with van der Waals surface area (Å²) < 4.78 is 4.65. The maximum atomic E-state index is 11.2. The van der Waals surface area contributed by atoms with Gasteiger partial charge in [-0.25, -0.2) is 4.79 Å². The standard InChI is InChI=1S/C16H22N2O2/c1-13(16(19)20-2)9-10-17-14-5-7-15(8-6-14)18-11-3-4-12-18/h5-9,17H,3-4,10-12H2,1-2H3/b13-9+. The van der Waals surface area contributed by atoms with Crippen LogP contribution in [0.15, 0.2) is 35.9 Å². The molecule has 1 aliphatic rings. The Morgan fingerprint density at radius 3 is 2.55 bits per heavy atom. The summed E-state index contributed by atoms with van der Waals surface area (Å²) in [6, 6.07) is 8.44. The lowest BCUT2D eigenvalue weighted by Gasteiger charge is -2.17. The molecule has 0 radical (unpaired) electrons. The van der Waals surface area contributed by atoms with E-state index in [4.69, 9.17) is 0 Å².